The Labute approximate surface area is 158 Å². The Morgan fingerprint density at radius 1 is 1.15 bits per heavy atom. The molecule has 5 nitrogen and oxygen atoms in total. The van der Waals surface area contributed by atoms with Gasteiger partial charge >= 0.3 is 0 Å². The molecule has 0 saturated heterocycles. The first kappa shape index (κ1) is 19.6. The first-order chi connectivity index (χ1) is 12.3. The topological polar surface area (TPSA) is 71.3 Å². The Balaban J connectivity index is 2.29. The summed E-state index contributed by atoms with van der Waals surface area (Å²) in [5.74, 6) is 0.750. The molecule has 0 radical (unpaired) electrons. The van der Waals surface area contributed by atoms with Crippen molar-refractivity contribution in [3.8, 4) is 17.6 Å². The molecule has 6 heteroatoms. The predicted octanol–water partition coefficient (Wildman–Crippen LogP) is 4.80. The van der Waals surface area contributed by atoms with Gasteiger partial charge in [-0.25, -0.2) is 0 Å². The summed E-state index contributed by atoms with van der Waals surface area (Å²) in [6.45, 7) is 3.88. The summed E-state index contributed by atoms with van der Waals surface area (Å²) in [5, 5.41) is 12.4. The summed E-state index contributed by atoms with van der Waals surface area (Å²) >= 11 is 6.29. The van der Waals surface area contributed by atoms with E-state index in [1.54, 1.807) is 36.4 Å². The smallest absolute Gasteiger partial charge is 0.255 e. The molecular weight excluding hydrogens is 352 g/mol. The lowest BCUT2D eigenvalue weighted by Gasteiger charge is -2.24. The summed E-state index contributed by atoms with van der Waals surface area (Å²) < 4.78 is 10.4. The number of ether oxygens (including phenoxy) is 2. The monoisotopic (exact) mass is 372 g/mol. The lowest BCUT2D eigenvalue weighted by Crippen LogP contribution is -2.18. The molecule has 0 unspecified atom stereocenters. The van der Waals surface area contributed by atoms with Crippen molar-refractivity contribution >= 4 is 23.2 Å². The number of nitrogens with zero attached hydrogens (tertiary/aromatic N) is 1. The molecule has 136 valence electrons. The summed E-state index contributed by atoms with van der Waals surface area (Å²) in [7, 11) is 3.05. The van der Waals surface area contributed by atoms with Gasteiger partial charge in [0.1, 0.15) is 0 Å². The van der Waals surface area contributed by atoms with E-state index < -0.39 is 5.41 Å². The summed E-state index contributed by atoms with van der Waals surface area (Å²) in [6, 6.07) is 12.4. The molecule has 2 rings (SSSR count). The van der Waals surface area contributed by atoms with Gasteiger partial charge < -0.3 is 14.8 Å². The molecule has 2 aromatic rings. The fourth-order valence-corrected chi connectivity index (χ4v) is 2.97. The molecule has 1 amide bonds. The lowest BCUT2D eigenvalue weighted by atomic mass is 9.82. The minimum absolute atomic E-state index is 0.280. The van der Waals surface area contributed by atoms with Gasteiger partial charge in [-0.1, -0.05) is 25.4 Å². The standard InChI is InChI=1S/C20H21ClN2O3/c1-20(2,9-10-22)15-12-14(6-7-16(15)21)23-19(24)13-5-8-17(25-3)18(11-13)26-4/h5-8,11-12H,9H2,1-4H3,(H,23,24). The van der Waals surface area contributed by atoms with Crippen LogP contribution >= 0.6 is 11.6 Å². The number of rotatable bonds is 6. The number of methoxy groups -OCH3 is 2. The normalized spacial score (nSPS) is 10.8. The molecule has 0 atom stereocenters. The molecule has 0 aromatic heterocycles. The second-order valence-corrected chi connectivity index (χ2v) is 6.84. The van der Waals surface area contributed by atoms with Crippen LogP contribution in [0.5, 0.6) is 11.5 Å². The fraction of sp³-hybridized carbons (Fsp3) is 0.300. The second kappa shape index (κ2) is 8.11. The number of hydrogen-bond donors (Lipinski definition) is 1. The Hall–Kier alpha value is -2.71. The minimum Gasteiger partial charge on any atom is -0.493 e. The molecule has 0 bridgehead atoms. The zero-order chi connectivity index (χ0) is 19.3. The third kappa shape index (κ3) is 4.27. The van der Waals surface area contributed by atoms with Crippen LogP contribution in [0.25, 0.3) is 0 Å². The highest BCUT2D eigenvalue weighted by atomic mass is 35.5. The highest BCUT2D eigenvalue weighted by Crippen LogP contribution is 2.34. The third-order valence-electron chi connectivity index (χ3n) is 4.12. The van der Waals surface area contributed by atoms with E-state index in [1.807, 2.05) is 13.8 Å². The number of benzene rings is 2. The third-order valence-corrected chi connectivity index (χ3v) is 4.45. The van der Waals surface area contributed by atoms with E-state index in [9.17, 15) is 4.79 Å². The van der Waals surface area contributed by atoms with Gasteiger partial charge in [0, 0.05) is 28.1 Å². The Kier molecular flexibility index (Phi) is 6.12. The van der Waals surface area contributed by atoms with Gasteiger partial charge in [0.2, 0.25) is 0 Å². The van der Waals surface area contributed by atoms with E-state index in [4.69, 9.17) is 26.3 Å². The maximum Gasteiger partial charge on any atom is 0.255 e. The van der Waals surface area contributed by atoms with E-state index in [1.165, 1.54) is 14.2 Å². The van der Waals surface area contributed by atoms with Crippen LogP contribution < -0.4 is 14.8 Å². The number of amides is 1. The molecular formula is C20H21ClN2O3. The van der Waals surface area contributed by atoms with E-state index >= 15 is 0 Å². The molecule has 0 spiro atoms. The van der Waals surface area contributed by atoms with Crippen molar-refractivity contribution in [2.75, 3.05) is 19.5 Å². The number of carbonyl (C=O) groups excluding carboxylic acids is 1. The number of hydrogen-bond acceptors (Lipinski definition) is 4. The van der Waals surface area contributed by atoms with Crippen LogP contribution in [0.2, 0.25) is 5.02 Å². The maximum atomic E-state index is 12.6. The van der Waals surface area contributed by atoms with Crippen LogP contribution in [-0.2, 0) is 5.41 Å². The molecule has 0 aliphatic rings. The van der Waals surface area contributed by atoms with Crippen molar-refractivity contribution in [3.63, 3.8) is 0 Å². The van der Waals surface area contributed by atoms with E-state index in [0.29, 0.717) is 34.2 Å². The van der Waals surface area contributed by atoms with Crippen LogP contribution in [0.1, 0.15) is 36.2 Å². The quantitative estimate of drug-likeness (QED) is 0.790. The van der Waals surface area contributed by atoms with Crippen molar-refractivity contribution < 1.29 is 14.3 Å². The van der Waals surface area contributed by atoms with Gasteiger partial charge in [-0.3, -0.25) is 4.79 Å². The SMILES string of the molecule is COc1ccc(C(=O)Nc2ccc(Cl)c(C(C)(C)CC#N)c2)cc1OC. The summed E-state index contributed by atoms with van der Waals surface area (Å²) in [4.78, 5) is 12.6. The lowest BCUT2D eigenvalue weighted by molar-refractivity contribution is 0.102. The van der Waals surface area contributed by atoms with Crippen LogP contribution in [0.15, 0.2) is 36.4 Å². The number of anilines is 1. The molecule has 26 heavy (non-hydrogen) atoms. The first-order valence-corrected chi connectivity index (χ1v) is 8.40. The van der Waals surface area contributed by atoms with Crippen molar-refractivity contribution in [2.24, 2.45) is 0 Å². The Morgan fingerprint density at radius 2 is 1.85 bits per heavy atom. The number of carbonyl (C=O) groups is 1. The van der Waals surface area contributed by atoms with Gasteiger partial charge in [0.05, 0.1) is 20.3 Å². The van der Waals surface area contributed by atoms with Crippen molar-refractivity contribution in [1.29, 1.82) is 5.26 Å². The van der Waals surface area contributed by atoms with Gasteiger partial charge in [-0.15, -0.1) is 0 Å². The summed E-state index contributed by atoms with van der Waals surface area (Å²) in [6.07, 6.45) is 0.319. The van der Waals surface area contributed by atoms with E-state index in [2.05, 4.69) is 11.4 Å². The van der Waals surface area contributed by atoms with Gasteiger partial charge in [0.25, 0.3) is 5.91 Å². The Morgan fingerprint density at radius 3 is 2.46 bits per heavy atom. The van der Waals surface area contributed by atoms with Crippen LogP contribution in [0.4, 0.5) is 5.69 Å². The average molecular weight is 373 g/mol. The van der Waals surface area contributed by atoms with Crippen molar-refractivity contribution in [1.82, 2.24) is 0 Å². The van der Waals surface area contributed by atoms with Crippen molar-refractivity contribution in [2.45, 2.75) is 25.7 Å². The molecule has 0 saturated carbocycles. The number of nitriles is 1. The van der Waals surface area contributed by atoms with Gasteiger partial charge in [-0.05, 0) is 42.0 Å². The number of nitrogens with one attached hydrogen (secondary N) is 1. The molecule has 0 fully saturated rings. The summed E-state index contributed by atoms with van der Waals surface area (Å²) in [5.41, 5.74) is 1.44. The molecule has 0 aliphatic carbocycles. The predicted molar refractivity (Wildman–Crippen MR) is 102 cm³/mol. The zero-order valence-corrected chi connectivity index (χ0v) is 16.0. The van der Waals surface area contributed by atoms with Crippen LogP contribution in [0.3, 0.4) is 0 Å². The van der Waals surface area contributed by atoms with E-state index in [-0.39, 0.29) is 5.91 Å². The van der Waals surface area contributed by atoms with Gasteiger partial charge in [-0.2, -0.15) is 5.26 Å². The van der Waals surface area contributed by atoms with Crippen LogP contribution in [0, 0.1) is 11.3 Å². The largest absolute Gasteiger partial charge is 0.493 e. The molecule has 0 aliphatic heterocycles. The zero-order valence-electron chi connectivity index (χ0n) is 15.2. The van der Waals surface area contributed by atoms with E-state index in [0.717, 1.165) is 5.56 Å². The minimum atomic E-state index is -0.421. The first-order valence-electron chi connectivity index (χ1n) is 8.02. The molecule has 1 N–H and O–H groups in total. The fourth-order valence-electron chi connectivity index (χ4n) is 2.60. The Bertz CT molecular complexity index is 857. The van der Waals surface area contributed by atoms with Gasteiger partial charge in [0.15, 0.2) is 11.5 Å². The number of halogens is 1. The highest BCUT2D eigenvalue weighted by Gasteiger charge is 2.24. The molecule has 2 aromatic carbocycles. The molecule has 0 heterocycles. The van der Waals surface area contributed by atoms with Crippen LogP contribution in [-0.4, -0.2) is 20.1 Å². The van der Waals surface area contributed by atoms with Crippen molar-refractivity contribution in [3.05, 3.63) is 52.5 Å². The average Bonchev–Trinajstić information content (AvgIpc) is 2.62. The maximum absolute atomic E-state index is 12.6. The second-order valence-electron chi connectivity index (χ2n) is 6.44. The highest BCUT2D eigenvalue weighted by molar-refractivity contribution is 6.31.